The smallest absolute Gasteiger partial charge is 0.328 e. The summed E-state index contributed by atoms with van der Waals surface area (Å²) in [5.41, 5.74) is 3.07. The quantitative estimate of drug-likeness (QED) is 0.730. The Morgan fingerprint density at radius 2 is 1.96 bits per heavy atom. The van der Waals surface area contributed by atoms with E-state index in [9.17, 15) is 9.59 Å². The lowest BCUT2D eigenvalue weighted by molar-refractivity contribution is -0.143. The predicted molar refractivity (Wildman–Crippen MR) is 95.6 cm³/mol. The first-order chi connectivity index (χ1) is 12.0. The Morgan fingerprint density at radius 3 is 2.52 bits per heavy atom. The van der Waals surface area contributed by atoms with Crippen LogP contribution in [-0.2, 0) is 16.1 Å². The van der Waals surface area contributed by atoms with Gasteiger partial charge < -0.3 is 14.8 Å². The molecule has 2 aromatic rings. The number of hydrogen-bond donors (Lipinski definition) is 1. The summed E-state index contributed by atoms with van der Waals surface area (Å²) in [6.45, 7) is 4.35. The zero-order valence-electron chi connectivity index (χ0n) is 14.5. The zero-order chi connectivity index (χ0) is 18.2. The fourth-order valence-electron chi connectivity index (χ4n) is 2.24. The predicted octanol–water partition coefficient (Wildman–Crippen LogP) is 3.04. The molecule has 0 saturated carbocycles. The first kappa shape index (κ1) is 18.9. The molecule has 7 heteroatoms. The van der Waals surface area contributed by atoms with Crippen LogP contribution in [0.4, 0.5) is 0 Å². The molecule has 1 aromatic heterocycles. The Balaban J connectivity index is 1.95. The number of amides is 1. The summed E-state index contributed by atoms with van der Waals surface area (Å²) in [6, 6.07) is 6.11. The number of ether oxygens (including phenoxy) is 2. The number of benzene rings is 1. The summed E-state index contributed by atoms with van der Waals surface area (Å²) in [4.78, 5) is 28.3. The van der Waals surface area contributed by atoms with Gasteiger partial charge in [0, 0.05) is 10.9 Å². The Kier molecular flexibility index (Phi) is 6.94. The van der Waals surface area contributed by atoms with Crippen LogP contribution in [0.25, 0.3) is 0 Å². The number of hydrogen-bond acceptors (Lipinski definition) is 6. The van der Waals surface area contributed by atoms with Gasteiger partial charge >= 0.3 is 5.97 Å². The molecule has 1 N–H and O–H groups in total. The number of thiazole rings is 1. The molecule has 0 aliphatic heterocycles. The molecule has 1 atom stereocenters. The lowest BCUT2D eigenvalue weighted by atomic mass is 10.0. The number of carbonyl (C=O) groups excluding carboxylic acids is 2. The van der Waals surface area contributed by atoms with Gasteiger partial charge in [-0.05, 0) is 36.6 Å². The molecule has 25 heavy (non-hydrogen) atoms. The van der Waals surface area contributed by atoms with Gasteiger partial charge in [0.1, 0.15) is 18.4 Å². The van der Waals surface area contributed by atoms with Crippen LogP contribution < -0.4 is 10.1 Å². The summed E-state index contributed by atoms with van der Waals surface area (Å²) in [6.07, 6.45) is 0.521. The molecular weight excluding hydrogens is 340 g/mol. The third-order valence-corrected chi connectivity index (χ3v) is 4.12. The van der Waals surface area contributed by atoms with Gasteiger partial charge in [0.2, 0.25) is 0 Å². The van der Waals surface area contributed by atoms with E-state index in [1.54, 1.807) is 29.8 Å². The van der Waals surface area contributed by atoms with Crippen LogP contribution in [0.2, 0.25) is 0 Å². The standard InChI is InChI=1S/C18H22N2O4S/c1-12(2)8-16(18(22)23-3)20-17(21)13-4-6-15(7-5-13)24-9-14-10-25-11-19-14/h4-7,10-12,16H,8-9H2,1-3H3,(H,20,21). The third kappa shape index (κ3) is 5.86. The number of esters is 1. The second-order valence-electron chi connectivity index (χ2n) is 5.97. The minimum atomic E-state index is -0.655. The van der Waals surface area contributed by atoms with Gasteiger partial charge in [0.05, 0.1) is 18.3 Å². The summed E-state index contributed by atoms with van der Waals surface area (Å²) < 4.78 is 10.4. The molecule has 0 radical (unpaired) electrons. The maximum absolute atomic E-state index is 12.3. The van der Waals surface area contributed by atoms with Crippen LogP contribution in [-0.4, -0.2) is 30.0 Å². The van der Waals surface area contributed by atoms with Crippen molar-refractivity contribution in [1.82, 2.24) is 10.3 Å². The van der Waals surface area contributed by atoms with E-state index in [0.717, 1.165) is 5.69 Å². The highest BCUT2D eigenvalue weighted by molar-refractivity contribution is 7.07. The number of nitrogens with zero attached hydrogens (tertiary/aromatic N) is 1. The fraction of sp³-hybridized carbons (Fsp3) is 0.389. The Morgan fingerprint density at radius 1 is 1.24 bits per heavy atom. The van der Waals surface area contributed by atoms with Crippen LogP contribution in [0.1, 0.15) is 36.3 Å². The van der Waals surface area contributed by atoms with E-state index in [1.807, 2.05) is 19.2 Å². The van der Waals surface area contributed by atoms with Crippen molar-refractivity contribution in [3.05, 3.63) is 46.4 Å². The SMILES string of the molecule is COC(=O)C(CC(C)C)NC(=O)c1ccc(OCc2cscn2)cc1. The summed E-state index contributed by atoms with van der Waals surface area (Å²) in [5, 5.41) is 4.65. The fourth-order valence-corrected chi connectivity index (χ4v) is 2.78. The largest absolute Gasteiger partial charge is 0.487 e. The molecular formula is C18H22N2O4S. The van der Waals surface area contributed by atoms with Gasteiger partial charge in [-0.15, -0.1) is 11.3 Å². The lowest BCUT2D eigenvalue weighted by Crippen LogP contribution is -2.42. The van der Waals surface area contributed by atoms with E-state index in [2.05, 4.69) is 10.3 Å². The van der Waals surface area contributed by atoms with E-state index in [4.69, 9.17) is 9.47 Å². The number of aromatic nitrogens is 1. The molecule has 0 spiro atoms. The van der Waals surface area contributed by atoms with Crippen molar-refractivity contribution in [2.45, 2.75) is 32.9 Å². The highest BCUT2D eigenvalue weighted by atomic mass is 32.1. The summed E-state index contributed by atoms with van der Waals surface area (Å²) >= 11 is 1.51. The van der Waals surface area contributed by atoms with Crippen LogP contribution in [0, 0.1) is 5.92 Å². The number of rotatable bonds is 8. The topological polar surface area (TPSA) is 77.5 Å². The van der Waals surface area contributed by atoms with Gasteiger partial charge in [-0.3, -0.25) is 4.79 Å². The molecule has 1 unspecified atom stereocenters. The van der Waals surface area contributed by atoms with E-state index < -0.39 is 12.0 Å². The molecule has 1 heterocycles. The molecule has 0 aliphatic carbocycles. The van der Waals surface area contributed by atoms with E-state index in [-0.39, 0.29) is 11.8 Å². The summed E-state index contributed by atoms with van der Waals surface area (Å²) in [7, 11) is 1.32. The molecule has 0 aliphatic rings. The van der Waals surface area contributed by atoms with Crippen LogP contribution >= 0.6 is 11.3 Å². The Hall–Kier alpha value is -2.41. The number of nitrogens with one attached hydrogen (secondary N) is 1. The van der Waals surface area contributed by atoms with Crippen LogP contribution in [0.15, 0.2) is 35.2 Å². The number of methoxy groups -OCH3 is 1. The second kappa shape index (κ2) is 9.17. The zero-order valence-corrected chi connectivity index (χ0v) is 15.3. The monoisotopic (exact) mass is 362 g/mol. The van der Waals surface area contributed by atoms with Gasteiger partial charge in [0.15, 0.2) is 0 Å². The highest BCUT2D eigenvalue weighted by Crippen LogP contribution is 2.15. The first-order valence-corrected chi connectivity index (χ1v) is 8.92. The second-order valence-corrected chi connectivity index (χ2v) is 6.69. The maximum atomic E-state index is 12.3. The first-order valence-electron chi connectivity index (χ1n) is 7.98. The van der Waals surface area contributed by atoms with E-state index in [0.29, 0.717) is 24.3 Å². The van der Waals surface area contributed by atoms with Gasteiger partial charge in [-0.2, -0.15) is 0 Å². The van der Waals surface area contributed by atoms with E-state index in [1.165, 1.54) is 18.4 Å². The molecule has 0 fully saturated rings. The lowest BCUT2D eigenvalue weighted by Gasteiger charge is -2.18. The highest BCUT2D eigenvalue weighted by Gasteiger charge is 2.23. The van der Waals surface area contributed by atoms with Crippen molar-refractivity contribution >= 4 is 23.2 Å². The van der Waals surface area contributed by atoms with Crippen LogP contribution in [0.3, 0.4) is 0 Å². The molecule has 1 amide bonds. The molecule has 0 saturated heterocycles. The molecule has 0 bridgehead atoms. The minimum Gasteiger partial charge on any atom is -0.487 e. The van der Waals surface area contributed by atoms with E-state index >= 15 is 0 Å². The van der Waals surface area contributed by atoms with Crippen molar-refractivity contribution in [3.8, 4) is 5.75 Å². The van der Waals surface area contributed by atoms with Gasteiger partial charge in [0.25, 0.3) is 5.91 Å². The molecule has 1 aromatic carbocycles. The van der Waals surface area contributed by atoms with Gasteiger partial charge in [-0.25, -0.2) is 9.78 Å². The number of carbonyl (C=O) groups is 2. The minimum absolute atomic E-state index is 0.255. The van der Waals surface area contributed by atoms with Crippen molar-refractivity contribution in [2.24, 2.45) is 5.92 Å². The molecule has 2 rings (SSSR count). The molecule has 134 valence electrons. The van der Waals surface area contributed by atoms with Crippen molar-refractivity contribution in [3.63, 3.8) is 0 Å². The van der Waals surface area contributed by atoms with Crippen molar-refractivity contribution < 1.29 is 19.1 Å². The average molecular weight is 362 g/mol. The van der Waals surface area contributed by atoms with Crippen molar-refractivity contribution in [1.29, 1.82) is 0 Å². The maximum Gasteiger partial charge on any atom is 0.328 e. The Bertz CT molecular complexity index is 684. The summed E-state index contributed by atoms with van der Waals surface area (Å²) in [5.74, 6) is 0.148. The third-order valence-electron chi connectivity index (χ3n) is 3.48. The van der Waals surface area contributed by atoms with Crippen LogP contribution in [0.5, 0.6) is 5.75 Å². The molecule has 6 nitrogen and oxygen atoms in total. The van der Waals surface area contributed by atoms with Crippen molar-refractivity contribution in [2.75, 3.05) is 7.11 Å². The normalized spacial score (nSPS) is 11.8. The average Bonchev–Trinajstić information content (AvgIpc) is 3.12. The van der Waals surface area contributed by atoms with Gasteiger partial charge in [-0.1, -0.05) is 13.8 Å². The Labute approximate surface area is 151 Å².